The van der Waals surface area contributed by atoms with Crippen molar-refractivity contribution in [3.63, 3.8) is 0 Å². The van der Waals surface area contributed by atoms with Gasteiger partial charge in [0.25, 0.3) is 0 Å². The summed E-state index contributed by atoms with van der Waals surface area (Å²) in [5, 5.41) is 12.3. The van der Waals surface area contributed by atoms with E-state index in [1.807, 2.05) is 36.5 Å². The maximum absolute atomic E-state index is 9.00. The molecule has 0 aliphatic rings. The molecule has 2 N–H and O–H groups in total. The molecular weight excluding hydrogens is 252 g/mol. The first-order valence-electron chi connectivity index (χ1n) is 6.84. The van der Waals surface area contributed by atoms with Crippen molar-refractivity contribution in [1.29, 1.82) is 0 Å². The number of aliphatic hydroxyl groups is 1. The molecular formula is C16H20N2O2. The molecule has 0 aliphatic heterocycles. The predicted molar refractivity (Wildman–Crippen MR) is 78.7 cm³/mol. The normalized spacial score (nSPS) is 10.5. The largest absolute Gasteiger partial charge is 0.456 e. The molecule has 0 fully saturated rings. The summed E-state index contributed by atoms with van der Waals surface area (Å²) in [6, 6.07) is 9.35. The fraction of sp³-hybridized carbons (Fsp3) is 0.312. The molecule has 4 heteroatoms. The molecule has 0 amide bonds. The zero-order valence-electron chi connectivity index (χ0n) is 11.7. The molecule has 0 bridgehead atoms. The number of aromatic nitrogens is 1. The van der Waals surface area contributed by atoms with E-state index in [4.69, 9.17) is 9.84 Å². The van der Waals surface area contributed by atoms with E-state index in [0.717, 1.165) is 42.1 Å². The van der Waals surface area contributed by atoms with Crippen molar-refractivity contribution in [2.24, 2.45) is 0 Å². The van der Waals surface area contributed by atoms with Crippen molar-refractivity contribution in [3.05, 3.63) is 53.9 Å². The summed E-state index contributed by atoms with van der Waals surface area (Å²) in [5.41, 5.74) is 1.97. The number of aliphatic hydroxyl groups excluding tert-OH is 1. The van der Waals surface area contributed by atoms with Gasteiger partial charge in [-0.2, -0.15) is 0 Å². The predicted octanol–water partition coefficient (Wildman–Crippen LogP) is 2.87. The van der Waals surface area contributed by atoms with Crippen LogP contribution in [0, 0.1) is 0 Å². The van der Waals surface area contributed by atoms with Crippen molar-refractivity contribution >= 4 is 0 Å². The Morgan fingerprint density at radius 1 is 1.10 bits per heavy atom. The average molecular weight is 272 g/mol. The molecule has 1 aromatic carbocycles. The molecule has 0 radical (unpaired) electrons. The third-order valence-corrected chi connectivity index (χ3v) is 2.87. The highest BCUT2D eigenvalue weighted by Gasteiger charge is 2.00. The maximum atomic E-state index is 9.00. The quantitative estimate of drug-likeness (QED) is 0.761. The Bertz CT molecular complexity index is 526. The van der Waals surface area contributed by atoms with Gasteiger partial charge >= 0.3 is 0 Å². The fourth-order valence-corrected chi connectivity index (χ4v) is 1.82. The van der Waals surface area contributed by atoms with Gasteiger partial charge in [-0.05, 0) is 42.3 Å². The zero-order valence-corrected chi connectivity index (χ0v) is 11.7. The number of benzene rings is 1. The minimum atomic E-state index is 0.0421. The van der Waals surface area contributed by atoms with Crippen LogP contribution in [0.5, 0.6) is 11.5 Å². The Morgan fingerprint density at radius 2 is 1.90 bits per heavy atom. The van der Waals surface area contributed by atoms with Crippen LogP contribution in [0.25, 0.3) is 0 Å². The van der Waals surface area contributed by atoms with Gasteiger partial charge in [0.05, 0.1) is 12.8 Å². The van der Waals surface area contributed by atoms with Gasteiger partial charge in [-0.3, -0.25) is 4.98 Å². The van der Waals surface area contributed by atoms with Gasteiger partial charge in [0.2, 0.25) is 0 Å². The first kappa shape index (κ1) is 14.5. The number of ether oxygens (including phenoxy) is 1. The van der Waals surface area contributed by atoms with Crippen LogP contribution in [0.15, 0.2) is 42.7 Å². The van der Waals surface area contributed by atoms with Crippen LogP contribution in [-0.2, 0) is 13.2 Å². The van der Waals surface area contributed by atoms with Crippen molar-refractivity contribution in [3.8, 4) is 11.5 Å². The van der Waals surface area contributed by atoms with Crippen LogP contribution in [0.4, 0.5) is 0 Å². The lowest BCUT2D eigenvalue weighted by molar-refractivity contribution is 0.281. The van der Waals surface area contributed by atoms with Crippen molar-refractivity contribution in [2.75, 3.05) is 6.54 Å². The van der Waals surface area contributed by atoms with E-state index in [2.05, 4.69) is 17.2 Å². The first-order chi connectivity index (χ1) is 9.81. The SMILES string of the molecule is CCCNCc1cncc(Oc2ccc(CO)cc2)c1. The van der Waals surface area contributed by atoms with Gasteiger partial charge in [0.1, 0.15) is 11.5 Å². The Balaban J connectivity index is 1.99. The molecule has 2 aromatic rings. The Hall–Kier alpha value is -1.91. The number of hydrogen-bond donors (Lipinski definition) is 2. The summed E-state index contributed by atoms with van der Waals surface area (Å²) >= 11 is 0. The van der Waals surface area contributed by atoms with E-state index in [1.54, 1.807) is 6.20 Å². The van der Waals surface area contributed by atoms with Crippen LogP contribution in [0.3, 0.4) is 0 Å². The highest BCUT2D eigenvalue weighted by molar-refractivity contribution is 5.33. The van der Waals surface area contributed by atoms with Crippen molar-refractivity contribution < 1.29 is 9.84 Å². The number of pyridine rings is 1. The highest BCUT2D eigenvalue weighted by Crippen LogP contribution is 2.21. The van der Waals surface area contributed by atoms with E-state index >= 15 is 0 Å². The average Bonchev–Trinajstić information content (AvgIpc) is 2.49. The van der Waals surface area contributed by atoms with Crippen LogP contribution in [0.2, 0.25) is 0 Å². The van der Waals surface area contributed by atoms with E-state index in [1.165, 1.54) is 0 Å². The van der Waals surface area contributed by atoms with E-state index in [0.29, 0.717) is 0 Å². The Morgan fingerprint density at radius 3 is 2.60 bits per heavy atom. The third kappa shape index (κ3) is 4.33. The maximum Gasteiger partial charge on any atom is 0.146 e. The molecule has 1 heterocycles. The summed E-state index contributed by atoms with van der Waals surface area (Å²) in [7, 11) is 0. The molecule has 4 nitrogen and oxygen atoms in total. The van der Waals surface area contributed by atoms with E-state index in [-0.39, 0.29) is 6.61 Å². The van der Waals surface area contributed by atoms with Crippen molar-refractivity contribution in [1.82, 2.24) is 10.3 Å². The molecule has 0 atom stereocenters. The molecule has 0 aliphatic carbocycles. The first-order valence-corrected chi connectivity index (χ1v) is 6.84. The smallest absolute Gasteiger partial charge is 0.146 e. The van der Waals surface area contributed by atoms with E-state index in [9.17, 15) is 0 Å². The zero-order chi connectivity index (χ0) is 14.2. The lowest BCUT2D eigenvalue weighted by atomic mass is 10.2. The summed E-state index contributed by atoms with van der Waals surface area (Å²) in [5.74, 6) is 1.46. The number of nitrogens with zero attached hydrogens (tertiary/aromatic N) is 1. The summed E-state index contributed by atoms with van der Waals surface area (Å²) in [6.45, 7) is 3.97. The molecule has 0 saturated heterocycles. The van der Waals surface area contributed by atoms with Crippen LogP contribution < -0.4 is 10.1 Å². The van der Waals surface area contributed by atoms with Gasteiger partial charge < -0.3 is 15.2 Å². The van der Waals surface area contributed by atoms with Crippen LogP contribution in [0.1, 0.15) is 24.5 Å². The molecule has 2 rings (SSSR count). The standard InChI is InChI=1S/C16H20N2O2/c1-2-7-17-9-14-8-16(11-18-10-14)20-15-5-3-13(12-19)4-6-15/h3-6,8,10-11,17,19H,2,7,9,12H2,1H3. The molecule has 1 aromatic heterocycles. The van der Waals surface area contributed by atoms with Crippen molar-refractivity contribution in [2.45, 2.75) is 26.5 Å². The number of nitrogens with one attached hydrogen (secondary N) is 1. The number of rotatable bonds is 7. The molecule has 106 valence electrons. The second-order valence-electron chi connectivity index (χ2n) is 4.61. The number of hydrogen-bond acceptors (Lipinski definition) is 4. The molecule has 0 saturated carbocycles. The minimum Gasteiger partial charge on any atom is -0.456 e. The van der Waals surface area contributed by atoms with Crippen LogP contribution >= 0.6 is 0 Å². The van der Waals surface area contributed by atoms with Crippen LogP contribution in [-0.4, -0.2) is 16.6 Å². The second-order valence-corrected chi connectivity index (χ2v) is 4.61. The Labute approximate surface area is 119 Å². The molecule has 0 unspecified atom stereocenters. The van der Waals surface area contributed by atoms with E-state index < -0.39 is 0 Å². The summed E-state index contributed by atoms with van der Waals surface area (Å²) in [6.07, 6.45) is 4.65. The van der Waals surface area contributed by atoms with Gasteiger partial charge in [-0.1, -0.05) is 19.1 Å². The Kier molecular flexibility index (Phi) is 5.53. The fourth-order valence-electron chi connectivity index (χ4n) is 1.82. The second kappa shape index (κ2) is 7.62. The molecule has 20 heavy (non-hydrogen) atoms. The van der Waals surface area contributed by atoms with Gasteiger partial charge in [-0.25, -0.2) is 0 Å². The molecule has 0 spiro atoms. The summed E-state index contributed by atoms with van der Waals surface area (Å²) in [4.78, 5) is 4.19. The minimum absolute atomic E-state index is 0.0421. The lowest BCUT2D eigenvalue weighted by Crippen LogP contribution is -2.13. The lowest BCUT2D eigenvalue weighted by Gasteiger charge is -2.08. The van der Waals surface area contributed by atoms with Gasteiger partial charge in [0.15, 0.2) is 0 Å². The topological polar surface area (TPSA) is 54.4 Å². The monoisotopic (exact) mass is 272 g/mol. The van der Waals surface area contributed by atoms with Gasteiger partial charge in [0, 0.05) is 12.7 Å². The third-order valence-electron chi connectivity index (χ3n) is 2.87. The van der Waals surface area contributed by atoms with Gasteiger partial charge in [-0.15, -0.1) is 0 Å². The highest BCUT2D eigenvalue weighted by atomic mass is 16.5. The summed E-state index contributed by atoms with van der Waals surface area (Å²) < 4.78 is 5.75.